The first kappa shape index (κ1) is 19.1. The van der Waals surface area contributed by atoms with Crippen molar-refractivity contribution in [3.63, 3.8) is 0 Å². The molecule has 1 aliphatic heterocycles. The highest BCUT2D eigenvalue weighted by molar-refractivity contribution is 7.89. The van der Waals surface area contributed by atoms with Crippen LogP contribution in [0.4, 0.5) is 15.9 Å². The molecule has 3 aromatic rings. The summed E-state index contributed by atoms with van der Waals surface area (Å²) >= 11 is 0. The molecule has 0 amide bonds. The second kappa shape index (κ2) is 7.10. The monoisotopic (exact) mass is 432 g/mol. The van der Waals surface area contributed by atoms with Gasteiger partial charge in [0.2, 0.25) is 15.9 Å². The molecule has 2 aromatic heterocycles. The highest BCUT2D eigenvalue weighted by atomic mass is 32.2. The van der Waals surface area contributed by atoms with Crippen LogP contribution in [0.3, 0.4) is 0 Å². The van der Waals surface area contributed by atoms with Gasteiger partial charge in [0.15, 0.2) is 11.6 Å². The molecule has 1 aliphatic carbocycles. The topological polar surface area (TPSA) is 125 Å². The summed E-state index contributed by atoms with van der Waals surface area (Å²) in [6.07, 6.45) is 2.79. The summed E-state index contributed by atoms with van der Waals surface area (Å²) in [7, 11) is -3.61. The van der Waals surface area contributed by atoms with Crippen LogP contribution in [0.5, 0.6) is 5.88 Å². The maximum atomic E-state index is 14.7. The number of anilines is 2. The van der Waals surface area contributed by atoms with Crippen molar-refractivity contribution in [1.29, 1.82) is 0 Å². The number of hydrogen-bond acceptors (Lipinski definition) is 6. The lowest BCUT2D eigenvalue weighted by atomic mass is 10.0. The second-order valence-electron chi connectivity index (χ2n) is 7.70. The third-order valence-electron chi connectivity index (χ3n) is 5.58. The van der Waals surface area contributed by atoms with E-state index >= 15 is 0 Å². The summed E-state index contributed by atoms with van der Waals surface area (Å²) in [5, 5.41) is 17.2. The van der Waals surface area contributed by atoms with E-state index in [0.29, 0.717) is 11.7 Å². The number of hydrogen-bond donors (Lipinski definition) is 4. The third kappa shape index (κ3) is 3.43. The number of sulfonamides is 1. The average Bonchev–Trinajstić information content (AvgIpc) is 3.47. The van der Waals surface area contributed by atoms with Crippen molar-refractivity contribution >= 4 is 21.5 Å². The van der Waals surface area contributed by atoms with E-state index in [1.165, 1.54) is 12.1 Å². The number of H-pyrrole nitrogens is 2. The zero-order valence-electron chi connectivity index (χ0n) is 16.2. The summed E-state index contributed by atoms with van der Waals surface area (Å²) in [4.78, 5) is -0.0163. The summed E-state index contributed by atoms with van der Waals surface area (Å²) in [5.74, 6) is 0.755. The van der Waals surface area contributed by atoms with Gasteiger partial charge in [-0.15, -0.1) is 5.10 Å². The first-order valence-corrected chi connectivity index (χ1v) is 11.2. The largest absolute Gasteiger partial charge is 0.473 e. The van der Waals surface area contributed by atoms with Crippen LogP contribution in [-0.4, -0.2) is 34.9 Å². The van der Waals surface area contributed by atoms with Crippen LogP contribution in [0.2, 0.25) is 0 Å². The Morgan fingerprint density at radius 3 is 2.87 bits per heavy atom. The lowest BCUT2D eigenvalue weighted by Crippen LogP contribution is -2.13. The smallest absolute Gasteiger partial charge is 0.241 e. The molecule has 0 unspecified atom stereocenters. The van der Waals surface area contributed by atoms with Gasteiger partial charge in [0, 0.05) is 41.5 Å². The summed E-state index contributed by atoms with van der Waals surface area (Å²) in [6, 6.07) is 6.54. The number of fused-ring (bicyclic) bond motifs is 1. The van der Waals surface area contributed by atoms with Crippen LogP contribution in [0, 0.1) is 12.7 Å². The maximum Gasteiger partial charge on any atom is 0.241 e. The Balaban J connectivity index is 1.27. The highest BCUT2D eigenvalue weighted by Gasteiger charge is 2.31. The van der Waals surface area contributed by atoms with Crippen molar-refractivity contribution in [2.24, 2.45) is 0 Å². The van der Waals surface area contributed by atoms with Gasteiger partial charge in [-0.05, 0) is 38.3 Å². The fourth-order valence-electron chi connectivity index (χ4n) is 4.06. The molecule has 1 saturated carbocycles. The molecule has 2 aliphatic rings. The van der Waals surface area contributed by atoms with Gasteiger partial charge in [0.25, 0.3) is 0 Å². The van der Waals surface area contributed by atoms with E-state index in [1.807, 2.05) is 19.1 Å². The van der Waals surface area contributed by atoms with Crippen LogP contribution in [0.25, 0.3) is 0 Å². The Morgan fingerprint density at radius 1 is 1.20 bits per heavy atom. The molecule has 9 nitrogen and oxygen atoms in total. The molecule has 0 radical (unpaired) electrons. The molecule has 1 fully saturated rings. The molecule has 0 spiro atoms. The molecule has 0 saturated heterocycles. The van der Waals surface area contributed by atoms with E-state index in [2.05, 4.69) is 30.4 Å². The van der Waals surface area contributed by atoms with E-state index in [0.717, 1.165) is 30.7 Å². The van der Waals surface area contributed by atoms with Gasteiger partial charge in [0.05, 0.1) is 10.6 Å². The first-order chi connectivity index (χ1) is 14.4. The number of ether oxygens (including phenoxy) is 1. The van der Waals surface area contributed by atoms with Crippen LogP contribution >= 0.6 is 0 Å². The normalized spacial score (nSPS) is 22.2. The summed E-state index contributed by atoms with van der Waals surface area (Å²) in [5.41, 5.74) is 2.23. The molecular formula is C19H21FN6O3S. The van der Waals surface area contributed by atoms with Crippen molar-refractivity contribution < 1.29 is 17.5 Å². The molecule has 0 bridgehead atoms. The fraction of sp³-hybridized carbons (Fsp3) is 0.368. The maximum absolute atomic E-state index is 14.7. The number of nitrogens with zero attached hydrogens (tertiary/aromatic N) is 2. The quantitative estimate of drug-likeness (QED) is 0.491. The van der Waals surface area contributed by atoms with Gasteiger partial charge in [0.1, 0.15) is 6.10 Å². The Morgan fingerprint density at radius 2 is 2.07 bits per heavy atom. The Bertz CT molecular complexity index is 1200. The minimum absolute atomic E-state index is 0.0163. The van der Waals surface area contributed by atoms with E-state index in [1.54, 1.807) is 0 Å². The number of aromatic amines is 2. The zero-order valence-corrected chi connectivity index (χ0v) is 17.0. The standard InChI is InChI=1S/C19H21FN6O3S/c1-10-6-18(26-23-10)29-12-3-2-11(7-12)15-8-17(25-24-15)22-14-4-5-16-13(19(14)20)9-21-30(16,27)28/h4-6,8,11-12,21H,2-3,7,9H2,1H3,(H,23,26)(H2,22,24,25)/t11-,12+/m0/s1. The van der Waals surface area contributed by atoms with Crippen LogP contribution in [0.15, 0.2) is 29.2 Å². The molecule has 1 aromatic carbocycles. The van der Waals surface area contributed by atoms with Gasteiger partial charge >= 0.3 is 0 Å². The Hall–Kier alpha value is -2.92. The third-order valence-corrected chi connectivity index (χ3v) is 7.07. The van der Waals surface area contributed by atoms with Gasteiger partial charge in [-0.1, -0.05) is 0 Å². The first-order valence-electron chi connectivity index (χ1n) is 9.71. The SMILES string of the molecule is Cc1cc(O[C@@H]2CC[C@H](c3cc(Nc4ccc5c(c4F)CNS5(=O)=O)n[nH]3)C2)n[nH]1. The zero-order chi connectivity index (χ0) is 20.9. The van der Waals surface area contributed by atoms with Gasteiger partial charge < -0.3 is 10.1 Å². The van der Waals surface area contributed by atoms with E-state index in [4.69, 9.17) is 4.74 Å². The van der Waals surface area contributed by atoms with Crippen molar-refractivity contribution in [3.05, 3.63) is 47.0 Å². The van der Waals surface area contributed by atoms with Gasteiger partial charge in [-0.25, -0.2) is 17.5 Å². The van der Waals surface area contributed by atoms with Crippen LogP contribution < -0.4 is 14.8 Å². The highest BCUT2D eigenvalue weighted by Crippen LogP contribution is 2.37. The number of aryl methyl sites for hydroxylation is 1. The average molecular weight is 432 g/mol. The van der Waals surface area contributed by atoms with Crippen LogP contribution in [0.1, 0.15) is 42.1 Å². The van der Waals surface area contributed by atoms with Gasteiger partial charge in [-0.2, -0.15) is 5.10 Å². The molecule has 5 rings (SSSR count). The number of halogens is 1. The molecule has 2 atom stereocenters. The van der Waals surface area contributed by atoms with E-state index in [-0.39, 0.29) is 34.7 Å². The molecule has 3 heterocycles. The van der Waals surface area contributed by atoms with Crippen molar-refractivity contribution in [1.82, 2.24) is 25.1 Å². The molecule has 158 valence electrons. The Kier molecular flexibility index (Phi) is 4.51. The predicted octanol–water partition coefficient (Wildman–Crippen LogP) is 2.83. The number of nitrogens with one attached hydrogen (secondary N) is 4. The lowest BCUT2D eigenvalue weighted by Gasteiger charge is -2.11. The molecule has 11 heteroatoms. The van der Waals surface area contributed by atoms with Crippen molar-refractivity contribution in [2.45, 2.75) is 49.6 Å². The van der Waals surface area contributed by atoms with Crippen LogP contribution in [-0.2, 0) is 16.6 Å². The number of rotatable bonds is 5. The summed E-state index contributed by atoms with van der Waals surface area (Å²) in [6.45, 7) is 1.87. The minimum Gasteiger partial charge on any atom is -0.473 e. The van der Waals surface area contributed by atoms with Crippen molar-refractivity contribution in [2.75, 3.05) is 5.32 Å². The van der Waals surface area contributed by atoms with E-state index < -0.39 is 15.8 Å². The predicted molar refractivity (Wildman–Crippen MR) is 107 cm³/mol. The number of benzene rings is 1. The van der Waals surface area contributed by atoms with Crippen molar-refractivity contribution in [3.8, 4) is 5.88 Å². The lowest BCUT2D eigenvalue weighted by molar-refractivity contribution is 0.199. The second-order valence-corrected chi connectivity index (χ2v) is 9.44. The van der Waals surface area contributed by atoms with E-state index in [9.17, 15) is 12.8 Å². The Labute approximate surface area is 172 Å². The minimum atomic E-state index is -3.61. The molecule has 4 N–H and O–H groups in total. The summed E-state index contributed by atoms with van der Waals surface area (Å²) < 4.78 is 46.7. The number of aromatic nitrogens is 4. The van der Waals surface area contributed by atoms with Gasteiger partial charge in [-0.3, -0.25) is 10.2 Å². The fourth-order valence-corrected chi connectivity index (χ4v) is 5.29. The molecule has 30 heavy (non-hydrogen) atoms. The molecular weight excluding hydrogens is 411 g/mol.